The van der Waals surface area contributed by atoms with E-state index >= 15 is 0 Å². The minimum Gasteiger partial charge on any atom is -0.343 e. The van der Waals surface area contributed by atoms with Crippen LogP contribution in [0.4, 0.5) is 0 Å². The fraction of sp³-hybridized carbons (Fsp3) is 0.333. The van der Waals surface area contributed by atoms with Crippen molar-refractivity contribution in [2.75, 3.05) is 18.5 Å². The Bertz CT molecular complexity index is 1130. The van der Waals surface area contributed by atoms with Gasteiger partial charge in [-0.3, -0.25) is 19.8 Å². The van der Waals surface area contributed by atoms with Crippen LogP contribution in [0, 0.1) is 12.8 Å². The maximum Gasteiger partial charge on any atom is 0.281 e. The number of thiophene rings is 1. The number of likely N-dealkylation sites (tertiary alicyclic amines) is 1. The van der Waals surface area contributed by atoms with E-state index in [1.807, 2.05) is 36.6 Å². The second-order valence-corrected chi connectivity index (χ2v) is 8.23. The Morgan fingerprint density at radius 2 is 1.86 bits per heavy atom. The van der Waals surface area contributed by atoms with E-state index in [0.29, 0.717) is 36.1 Å². The molecule has 1 aliphatic rings. The molecule has 1 N–H and O–H groups in total. The van der Waals surface area contributed by atoms with E-state index in [0.717, 1.165) is 16.7 Å². The molecular weight excluding hydrogens is 388 g/mol. The Hall–Kier alpha value is -3.00. The molecule has 0 saturated carbocycles. The van der Waals surface area contributed by atoms with E-state index in [4.69, 9.17) is 0 Å². The number of hydrogen-bond acceptors (Lipinski definition) is 5. The summed E-state index contributed by atoms with van der Waals surface area (Å²) in [6, 6.07) is 7.97. The monoisotopic (exact) mass is 410 g/mol. The SMILES string of the molecule is CC(=O)N1CCC(C(=O)Nn2cnc3scc(-c4ccc(C)cc4)c3c2=O)CC1. The third kappa shape index (κ3) is 3.80. The summed E-state index contributed by atoms with van der Waals surface area (Å²) in [6.45, 7) is 4.66. The van der Waals surface area contributed by atoms with Crippen LogP contribution in [0.3, 0.4) is 0 Å². The maximum absolute atomic E-state index is 13.1. The van der Waals surface area contributed by atoms with Gasteiger partial charge in [-0.2, -0.15) is 0 Å². The molecule has 7 nitrogen and oxygen atoms in total. The highest BCUT2D eigenvalue weighted by Crippen LogP contribution is 2.30. The molecule has 0 bridgehead atoms. The third-order valence-electron chi connectivity index (χ3n) is 5.40. The van der Waals surface area contributed by atoms with E-state index < -0.39 is 0 Å². The standard InChI is InChI=1S/C21H22N4O3S/c1-13-3-5-15(6-4-13)17-11-29-20-18(17)21(28)25(12-22-20)23-19(27)16-7-9-24(10-8-16)14(2)26/h3-6,11-12,16H,7-10H2,1-2H3,(H,23,27). The third-order valence-corrected chi connectivity index (χ3v) is 6.29. The molecule has 0 spiro atoms. The zero-order valence-corrected chi connectivity index (χ0v) is 17.2. The summed E-state index contributed by atoms with van der Waals surface area (Å²) in [7, 11) is 0. The number of hydrogen-bond donors (Lipinski definition) is 1. The largest absolute Gasteiger partial charge is 0.343 e. The lowest BCUT2D eigenvalue weighted by Gasteiger charge is -2.30. The summed E-state index contributed by atoms with van der Waals surface area (Å²) >= 11 is 1.41. The second kappa shape index (κ2) is 7.79. The molecule has 1 saturated heterocycles. The van der Waals surface area contributed by atoms with Crippen molar-refractivity contribution in [3.05, 3.63) is 51.9 Å². The zero-order valence-electron chi connectivity index (χ0n) is 16.3. The minimum absolute atomic E-state index is 0.0239. The first-order valence-corrected chi connectivity index (χ1v) is 10.4. The molecule has 0 radical (unpaired) electrons. The van der Waals surface area contributed by atoms with E-state index in [1.54, 1.807) is 4.90 Å². The Kier molecular flexibility index (Phi) is 5.19. The number of nitrogens with zero attached hydrogens (tertiary/aromatic N) is 3. The number of fused-ring (bicyclic) bond motifs is 1. The number of aryl methyl sites for hydroxylation is 1. The van der Waals surface area contributed by atoms with Gasteiger partial charge in [-0.1, -0.05) is 29.8 Å². The van der Waals surface area contributed by atoms with Crippen molar-refractivity contribution in [2.24, 2.45) is 5.92 Å². The van der Waals surface area contributed by atoms with Crippen molar-refractivity contribution in [1.29, 1.82) is 0 Å². The average Bonchev–Trinajstić information content (AvgIpc) is 3.15. The van der Waals surface area contributed by atoms with Gasteiger partial charge in [0, 0.05) is 36.9 Å². The Balaban J connectivity index is 1.59. The van der Waals surface area contributed by atoms with Crippen LogP contribution in [0.5, 0.6) is 0 Å². The van der Waals surface area contributed by atoms with Crippen LogP contribution in [0.25, 0.3) is 21.3 Å². The van der Waals surface area contributed by atoms with Crippen molar-refractivity contribution in [2.45, 2.75) is 26.7 Å². The predicted molar refractivity (Wildman–Crippen MR) is 113 cm³/mol. The number of aromatic nitrogens is 2. The van der Waals surface area contributed by atoms with Crippen molar-refractivity contribution in [3.8, 4) is 11.1 Å². The highest BCUT2D eigenvalue weighted by Gasteiger charge is 2.26. The summed E-state index contributed by atoms with van der Waals surface area (Å²) in [6.07, 6.45) is 2.54. The van der Waals surface area contributed by atoms with Crippen LogP contribution in [-0.2, 0) is 9.59 Å². The fourth-order valence-electron chi connectivity index (χ4n) is 3.62. The molecule has 4 rings (SSSR count). The Morgan fingerprint density at radius 1 is 1.17 bits per heavy atom. The molecule has 2 aromatic heterocycles. The van der Waals surface area contributed by atoms with E-state index in [2.05, 4.69) is 10.4 Å². The topological polar surface area (TPSA) is 84.3 Å². The van der Waals surface area contributed by atoms with Crippen LogP contribution >= 0.6 is 11.3 Å². The first-order chi connectivity index (χ1) is 13.9. The lowest BCUT2D eigenvalue weighted by atomic mass is 9.96. The Labute approximate surface area is 172 Å². The van der Waals surface area contributed by atoms with Crippen molar-refractivity contribution >= 4 is 33.4 Å². The van der Waals surface area contributed by atoms with E-state index in [1.165, 1.54) is 29.3 Å². The van der Waals surface area contributed by atoms with Gasteiger partial charge in [-0.15, -0.1) is 11.3 Å². The first-order valence-electron chi connectivity index (χ1n) is 9.56. The summed E-state index contributed by atoms with van der Waals surface area (Å²) in [5.41, 5.74) is 5.32. The molecule has 29 heavy (non-hydrogen) atoms. The molecule has 8 heteroatoms. The molecule has 1 aliphatic heterocycles. The average molecular weight is 410 g/mol. The van der Waals surface area contributed by atoms with Crippen LogP contribution in [0.2, 0.25) is 0 Å². The first kappa shape index (κ1) is 19.3. The summed E-state index contributed by atoms with van der Waals surface area (Å²) in [5.74, 6) is -0.424. The maximum atomic E-state index is 13.1. The number of nitrogens with one attached hydrogen (secondary N) is 1. The molecular formula is C21H22N4O3S. The second-order valence-electron chi connectivity index (χ2n) is 7.37. The lowest BCUT2D eigenvalue weighted by Crippen LogP contribution is -2.43. The van der Waals surface area contributed by atoms with E-state index in [-0.39, 0.29) is 23.3 Å². The molecule has 0 atom stereocenters. The number of amides is 2. The summed E-state index contributed by atoms with van der Waals surface area (Å²) in [4.78, 5) is 43.9. The Morgan fingerprint density at radius 3 is 2.52 bits per heavy atom. The summed E-state index contributed by atoms with van der Waals surface area (Å²) < 4.78 is 1.17. The summed E-state index contributed by atoms with van der Waals surface area (Å²) in [5, 5.41) is 2.43. The molecule has 150 valence electrons. The van der Waals surface area contributed by atoms with E-state index in [9.17, 15) is 14.4 Å². The van der Waals surface area contributed by atoms with Gasteiger partial charge < -0.3 is 4.90 Å². The normalized spacial score (nSPS) is 14.9. The number of carbonyl (C=O) groups is 2. The molecule has 2 amide bonds. The molecule has 1 fully saturated rings. The smallest absolute Gasteiger partial charge is 0.281 e. The number of benzene rings is 1. The van der Waals surface area contributed by atoms with Crippen molar-refractivity contribution < 1.29 is 9.59 Å². The molecule has 0 aliphatic carbocycles. The number of piperidine rings is 1. The van der Waals surface area contributed by atoms with Crippen LogP contribution in [0.15, 0.2) is 40.8 Å². The van der Waals surface area contributed by atoms with Gasteiger partial charge in [-0.25, -0.2) is 9.66 Å². The number of rotatable bonds is 3. The van der Waals surface area contributed by atoms with Gasteiger partial charge in [0.2, 0.25) is 11.8 Å². The molecule has 3 aromatic rings. The lowest BCUT2D eigenvalue weighted by molar-refractivity contribution is -0.132. The van der Waals surface area contributed by atoms with Crippen LogP contribution in [-0.4, -0.2) is 39.5 Å². The molecule has 3 heterocycles. The quantitative estimate of drug-likeness (QED) is 0.720. The van der Waals surface area contributed by atoms with Gasteiger partial charge in [0.05, 0.1) is 5.39 Å². The van der Waals surface area contributed by atoms with Gasteiger partial charge >= 0.3 is 0 Å². The van der Waals surface area contributed by atoms with Gasteiger partial charge in [0.15, 0.2) is 0 Å². The van der Waals surface area contributed by atoms with Crippen molar-refractivity contribution in [3.63, 3.8) is 0 Å². The van der Waals surface area contributed by atoms with Crippen molar-refractivity contribution in [1.82, 2.24) is 14.6 Å². The molecule has 0 unspecified atom stereocenters. The number of carbonyl (C=O) groups excluding carboxylic acids is 2. The minimum atomic E-state index is -0.290. The highest BCUT2D eigenvalue weighted by atomic mass is 32.1. The fourth-order valence-corrected chi connectivity index (χ4v) is 4.53. The van der Waals surface area contributed by atoms with Gasteiger partial charge in [0.1, 0.15) is 11.2 Å². The highest BCUT2D eigenvalue weighted by molar-refractivity contribution is 7.17. The predicted octanol–water partition coefficient (Wildman–Crippen LogP) is 2.76. The van der Waals surface area contributed by atoms with Crippen LogP contribution < -0.4 is 11.0 Å². The zero-order chi connectivity index (χ0) is 20.5. The van der Waals surface area contributed by atoms with Gasteiger partial charge in [-0.05, 0) is 25.3 Å². The van der Waals surface area contributed by atoms with Crippen LogP contribution in [0.1, 0.15) is 25.3 Å². The molecule has 1 aromatic carbocycles. The van der Waals surface area contributed by atoms with Gasteiger partial charge in [0.25, 0.3) is 5.56 Å².